The monoisotopic (exact) mass is 179 g/mol. The lowest BCUT2D eigenvalue weighted by molar-refractivity contribution is -0.116. The van der Waals surface area contributed by atoms with Crippen LogP contribution in [0.4, 0.5) is 0 Å². The highest BCUT2D eigenvalue weighted by molar-refractivity contribution is 6.21. The second-order valence-corrected chi connectivity index (χ2v) is 3.03. The van der Waals surface area contributed by atoms with Crippen molar-refractivity contribution in [2.24, 2.45) is 0 Å². The zero-order valence-electron chi connectivity index (χ0n) is 8.10. The number of carbonyl (C=O) groups excluding carboxylic acids is 2. The number of likely N-dealkylation sites (N-methyl/N-ethyl adjacent to an activating group) is 1. The largest absolute Gasteiger partial charge is 0.382 e. The van der Waals surface area contributed by atoms with Crippen LogP contribution in [0.1, 0.15) is 20.8 Å². The van der Waals surface area contributed by atoms with Gasteiger partial charge in [0.1, 0.15) is 0 Å². The van der Waals surface area contributed by atoms with Crippen LogP contribution in [0.3, 0.4) is 0 Å². The van der Waals surface area contributed by atoms with Gasteiger partial charge in [-0.25, -0.2) is 0 Å². The quantitative estimate of drug-likeness (QED) is 0.642. The summed E-state index contributed by atoms with van der Waals surface area (Å²) in [6, 6.07) is 0. The molecule has 70 valence electrons. The lowest BCUT2D eigenvalue weighted by Crippen LogP contribution is -2.26. The van der Waals surface area contributed by atoms with Crippen LogP contribution in [0.5, 0.6) is 0 Å². The van der Waals surface area contributed by atoms with Gasteiger partial charge in [0.15, 0.2) is 5.78 Å². The molecule has 0 saturated heterocycles. The number of ketones is 2. The minimum absolute atomic E-state index is 0.0704. The Kier molecular flexibility index (Phi) is 2.66. The van der Waals surface area contributed by atoms with Crippen molar-refractivity contribution in [1.82, 2.24) is 5.32 Å². The number of rotatable bonds is 2. The maximum atomic E-state index is 11.5. The molecule has 1 rings (SSSR count). The summed E-state index contributed by atoms with van der Waals surface area (Å²) < 4.78 is 0. The number of hydrogen-bond acceptors (Lipinski definition) is 3. The Labute approximate surface area is 77.5 Å². The first kappa shape index (κ1) is 9.71. The molecule has 3 nitrogen and oxygen atoms in total. The lowest BCUT2D eigenvalue weighted by atomic mass is 9.95. The van der Waals surface area contributed by atoms with Crippen LogP contribution in [0.25, 0.3) is 0 Å². The Morgan fingerprint density at radius 2 is 1.85 bits per heavy atom. The molecule has 0 bridgehead atoms. The predicted octanol–water partition coefficient (Wildman–Crippen LogP) is 0.968. The van der Waals surface area contributed by atoms with Crippen LogP contribution in [0.2, 0.25) is 0 Å². The molecule has 0 unspecified atom stereocenters. The lowest BCUT2D eigenvalue weighted by Gasteiger charge is -2.14. The molecule has 0 radical (unpaired) electrons. The highest BCUT2D eigenvalue weighted by Crippen LogP contribution is 2.16. The van der Waals surface area contributed by atoms with E-state index in [1.54, 1.807) is 13.8 Å². The number of Topliss-reactive ketones (excluding diaryl/α,β-unsaturated/α-hetero) is 1. The van der Waals surface area contributed by atoms with Gasteiger partial charge in [0.05, 0.1) is 5.70 Å². The zero-order chi connectivity index (χ0) is 10.0. The maximum Gasteiger partial charge on any atom is 0.205 e. The van der Waals surface area contributed by atoms with Crippen molar-refractivity contribution in [1.29, 1.82) is 0 Å². The molecule has 0 aliphatic heterocycles. The molecule has 13 heavy (non-hydrogen) atoms. The minimum Gasteiger partial charge on any atom is -0.382 e. The van der Waals surface area contributed by atoms with E-state index in [0.717, 1.165) is 0 Å². The molecule has 1 aliphatic rings. The van der Waals surface area contributed by atoms with Crippen molar-refractivity contribution in [2.75, 3.05) is 6.54 Å². The Morgan fingerprint density at radius 1 is 1.23 bits per heavy atom. The summed E-state index contributed by atoms with van der Waals surface area (Å²) in [6.45, 7) is 5.89. The molecule has 0 heterocycles. The average molecular weight is 179 g/mol. The van der Waals surface area contributed by atoms with E-state index in [0.29, 0.717) is 23.4 Å². The molecule has 0 aromatic rings. The van der Waals surface area contributed by atoms with Crippen LogP contribution in [-0.4, -0.2) is 18.1 Å². The fourth-order valence-corrected chi connectivity index (χ4v) is 1.18. The van der Waals surface area contributed by atoms with Gasteiger partial charge in [0.2, 0.25) is 5.78 Å². The van der Waals surface area contributed by atoms with Gasteiger partial charge in [0.25, 0.3) is 0 Å². The third-order valence-corrected chi connectivity index (χ3v) is 2.16. The van der Waals surface area contributed by atoms with Gasteiger partial charge < -0.3 is 5.32 Å². The van der Waals surface area contributed by atoms with Crippen LogP contribution >= 0.6 is 0 Å². The summed E-state index contributed by atoms with van der Waals surface area (Å²) in [5.41, 5.74) is 1.51. The third kappa shape index (κ3) is 1.69. The summed E-state index contributed by atoms with van der Waals surface area (Å²) in [6.07, 6.45) is 1.37. The number of carbonyl (C=O) groups is 2. The second kappa shape index (κ2) is 3.56. The number of nitrogens with one attached hydrogen (secondary N) is 1. The topological polar surface area (TPSA) is 46.2 Å². The Bertz CT molecular complexity index is 324. The highest BCUT2D eigenvalue weighted by Gasteiger charge is 2.22. The first-order valence-corrected chi connectivity index (χ1v) is 4.30. The number of hydrogen-bond donors (Lipinski definition) is 1. The van der Waals surface area contributed by atoms with Crippen molar-refractivity contribution in [2.45, 2.75) is 20.8 Å². The van der Waals surface area contributed by atoms with Crippen LogP contribution < -0.4 is 5.32 Å². The molecule has 0 aromatic carbocycles. The number of allylic oxidation sites excluding steroid dienone is 3. The zero-order valence-corrected chi connectivity index (χ0v) is 8.10. The molecule has 1 aliphatic carbocycles. The van der Waals surface area contributed by atoms with E-state index in [-0.39, 0.29) is 11.6 Å². The highest BCUT2D eigenvalue weighted by atomic mass is 16.1. The van der Waals surface area contributed by atoms with E-state index < -0.39 is 0 Å². The van der Waals surface area contributed by atoms with Gasteiger partial charge in [-0.3, -0.25) is 9.59 Å². The smallest absolute Gasteiger partial charge is 0.205 e. The molecule has 0 amide bonds. The Hall–Kier alpha value is -1.38. The molecule has 0 spiro atoms. The molecular weight excluding hydrogens is 166 g/mol. The summed E-state index contributed by atoms with van der Waals surface area (Å²) >= 11 is 0. The molecule has 0 atom stereocenters. The van der Waals surface area contributed by atoms with Gasteiger partial charge in [0, 0.05) is 23.8 Å². The average Bonchev–Trinajstić information content (AvgIpc) is 2.11. The summed E-state index contributed by atoms with van der Waals surface area (Å²) in [5.74, 6) is -0.146. The van der Waals surface area contributed by atoms with Gasteiger partial charge in [-0.05, 0) is 20.8 Å². The molecule has 3 heteroatoms. The van der Waals surface area contributed by atoms with Crippen LogP contribution in [-0.2, 0) is 9.59 Å². The Morgan fingerprint density at radius 3 is 2.38 bits per heavy atom. The molecule has 0 aromatic heterocycles. The molecular formula is C10H13NO2. The van der Waals surface area contributed by atoms with Crippen molar-refractivity contribution in [3.05, 3.63) is 22.9 Å². The first-order chi connectivity index (χ1) is 6.07. The molecule has 0 saturated carbocycles. The summed E-state index contributed by atoms with van der Waals surface area (Å²) in [5, 5.41) is 2.87. The van der Waals surface area contributed by atoms with Gasteiger partial charge in [-0.15, -0.1) is 0 Å². The third-order valence-electron chi connectivity index (χ3n) is 2.16. The molecule has 0 fully saturated rings. The minimum atomic E-state index is -0.0759. The van der Waals surface area contributed by atoms with Crippen molar-refractivity contribution >= 4 is 11.6 Å². The fraction of sp³-hybridized carbons (Fsp3) is 0.400. The van der Waals surface area contributed by atoms with Crippen LogP contribution in [0, 0.1) is 0 Å². The SMILES string of the molecule is CCNC1=CC(=O)C(C)=C(C)C1=O. The molecule has 1 N–H and O–H groups in total. The summed E-state index contributed by atoms with van der Waals surface area (Å²) in [4.78, 5) is 22.8. The van der Waals surface area contributed by atoms with Crippen molar-refractivity contribution in [3.8, 4) is 0 Å². The van der Waals surface area contributed by atoms with Gasteiger partial charge in [-0.2, -0.15) is 0 Å². The standard InChI is InChI=1S/C10H13NO2/c1-4-11-8-5-9(12)6(2)7(3)10(8)13/h5,11H,4H2,1-3H3. The van der Waals surface area contributed by atoms with E-state index in [9.17, 15) is 9.59 Å². The second-order valence-electron chi connectivity index (χ2n) is 3.03. The van der Waals surface area contributed by atoms with Crippen molar-refractivity contribution in [3.63, 3.8) is 0 Å². The Balaban J connectivity index is 3.01. The summed E-state index contributed by atoms with van der Waals surface area (Å²) in [7, 11) is 0. The predicted molar refractivity (Wildman–Crippen MR) is 50.1 cm³/mol. The van der Waals surface area contributed by atoms with Gasteiger partial charge in [-0.1, -0.05) is 0 Å². The van der Waals surface area contributed by atoms with Crippen LogP contribution in [0.15, 0.2) is 22.9 Å². The van der Waals surface area contributed by atoms with E-state index in [2.05, 4.69) is 5.32 Å². The van der Waals surface area contributed by atoms with Gasteiger partial charge >= 0.3 is 0 Å². The maximum absolute atomic E-state index is 11.5. The van der Waals surface area contributed by atoms with E-state index in [1.165, 1.54) is 6.08 Å². The fourth-order valence-electron chi connectivity index (χ4n) is 1.18. The normalized spacial score (nSPS) is 17.6. The van der Waals surface area contributed by atoms with Crippen molar-refractivity contribution < 1.29 is 9.59 Å². The first-order valence-electron chi connectivity index (χ1n) is 4.30. The van der Waals surface area contributed by atoms with E-state index in [4.69, 9.17) is 0 Å². The van der Waals surface area contributed by atoms with E-state index >= 15 is 0 Å². The van der Waals surface area contributed by atoms with E-state index in [1.807, 2.05) is 6.92 Å².